The van der Waals surface area contributed by atoms with E-state index in [0.717, 1.165) is 11.3 Å². The van der Waals surface area contributed by atoms with Gasteiger partial charge in [0.2, 0.25) is 5.88 Å². The number of hydrogen-bond acceptors (Lipinski definition) is 9. The number of azo groups is 1. The molecule has 0 spiro atoms. The lowest BCUT2D eigenvalue weighted by Crippen LogP contribution is -2.12. The van der Waals surface area contributed by atoms with E-state index in [9.17, 15) is 18.3 Å². The van der Waals surface area contributed by atoms with Crippen molar-refractivity contribution in [2.45, 2.75) is 11.8 Å². The minimum Gasteiger partial charge on any atom is -0.493 e. The van der Waals surface area contributed by atoms with Crippen LogP contribution in [0.2, 0.25) is 0 Å². The van der Waals surface area contributed by atoms with Crippen molar-refractivity contribution in [2.24, 2.45) is 10.2 Å². The smallest absolute Gasteiger partial charge is 0.342 e. The van der Waals surface area contributed by atoms with Crippen LogP contribution < -0.4 is 4.72 Å². The van der Waals surface area contributed by atoms with Gasteiger partial charge in [-0.3, -0.25) is 4.72 Å². The number of nitrogens with one attached hydrogen (secondary N) is 2. The summed E-state index contributed by atoms with van der Waals surface area (Å²) in [6.45, 7) is 1.81. The molecule has 3 N–H and O–H groups in total. The number of hydrogen-bond donors (Lipinski definition) is 3. The van der Waals surface area contributed by atoms with Crippen LogP contribution in [-0.2, 0) is 14.8 Å². The first-order chi connectivity index (χ1) is 16.4. The lowest BCUT2D eigenvalue weighted by molar-refractivity contribution is 0.0528. The number of H-pyrrole nitrogens is 1. The van der Waals surface area contributed by atoms with Gasteiger partial charge in [0.1, 0.15) is 5.56 Å². The second-order valence-electron chi connectivity index (χ2n) is 6.80. The molecule has 0 unspecified atom stereocenters. The van der Waals surface area contributed by atoms with Crippen molar-refractivity contribution in [3.05, 3.63) is 71.7 Å². The Morgan fingerprint density at radius 1 is 1.15 bits per heavy atom. The molecule has 2 aromatic heterocycles. The van der Waals surface area contributed by atoms with Crippen molar-refractivity contribution in [1.29, 1.82) is 0 Å². The van der Waals surface area contributed by atoms with Gasteiger partial charge in [-0.1, -0.05) is 30.3 Å². The number of aromatic amines is 1. The van der Waals surface area contributed by atoms with Crippen LogP contribution in [0.1, 0.15) is 17.3 Å². The van der Waals surface area contributed by atoms with E-state index in [4.69, 9.17) is 4.74 Å². The summed E-state index contributed by atoms with van der Waals surface area (Å²) in [5.41, 5.74) is 1.27. The normalized spacial score (nSPS) is 11.6. The van der Waals surface area contributed by atoms with Gasteiger partial charge in [-0.05, 0) is 36.8 Å². The second-order valence-corrected chi connectivity index (χ2v) is 9.37. The highest BCUT2D eigenvalue weighted by atomic mass is 32.2. The molecule has 2 aromatic carbocycles. The molecule has 0 saturated heterocycles. The molecule has 34 heavy (non-hydrogen) atoms. The van der Waals surface area contributed by atoms with Crippen LogP contribution in [0.4, 0.5) is 16.5 Å². The number of carbonyl (C=O) groups is 1. The van der Waals surface area contributed by atoms with Crippen molar-refractivity contribution in [3.63, 3.8) is 0 Å². The van der Waals surface area contributed by atoms with Gasteiger partial charge in [-0.2, -0.15) is 5.11 Å². The van der Waals surface area contributed by atoms with E-state index in [1.54, 1.807) is 36.6 Å². The molecule has 0 aliphatic rings. The van der Waals surface area contributed by atoms with Crippen molar-refractivity contribution in [3.8, 4) is 17.1 Å². The Kier molecular flexibility index (Phi) is 6.70. The largest absolute Gasteiger partial charge is 0.493 e. The maximum atomic E-state index is 12.6. The molecule has 0 amide bonds. The van der Waals surface area contributed by atoms with Gasteiger partial charge in [0, 0.05) is 11.6 Å². The molecule has 4 rings (SSSR count). The predicted molar refractivity (Wildman–Crippen MR) is 127 cm³/mol. The van der Waals surface area contributed by atoms with Crippen LogP contribution in [0.25, 0.3) is 11.3 Å². The zero-order valence-electron chi connectivity index (χ0n) is 17.8. The summed E-state index contributed by atoms with van der Waals surface area (Å²) in [4.78, 5) is 19.3. The Morgan fingerprint density at radius 2 is 1.88 bits per heavy atom. The summed E-state index contributed by atoms with van der Waals surface area (Å²) in [6.07, 6.45) is 1.50. The summed E-state index contributed by atoms with van der Waals surface area (Å²) in [7, 11) is -3.81. The lowest BCUT2D eigenvalue weighted by atomic mass is 10.1. The molecule has 0 fully saturated rings. The highest BCUT2D eigenvalue weighted by Gasteiger charge is 2.25. The molecule has 0 aliphatic heterocycles. The van der Waals surface area contributed by atoms with Crippen LogP contribution >= 0.6 is 11.3 Å². The van der Waals surface area contributed by atoms with Gasteiger partial charge >= 0.3 is 5.97 Å². The molecule has 0 atom stereocenters. The maximum absolute atomic E-state index is 12.6. The van der Waals surface area contributed by atoms with Crippen molar-refractivity contribution in [2.75, 3.05) is 11.3 Å². The topological polar surface area (TPSA) is 146 Å². The van der Waals surface area contributed by atoms with E-state index >= 15 is 0 Å². The molecule has 4 aromatic rings. The molecule has 10 nitrogen and oxygen atoms in total. The molecule has 2 heterocycles. The van der Waals surface area contributed by atoms with E-state index in [1.807, 2.05) is 6.07 Å². The summed E-state index contributed by atoms with van der Waals surface area (Å²) in [5.74, 6) is -1.01. The number of sulfonamides is 1. The third-order valence-electron chi connectivity index (χ3n) is 4.56. The van der Waals surface area contributed by atoms with Gasteiger partial charge in [-0.15, -0.1) is 16.5 Å². The first-order valence-electron chi connectivity index (χ1n) is 10.0. The minimum atomic E-state index is -3.81. The number of aromatic nitrogens is 2. The zero-order valence-corrected chi connectivity index (χ0v) is 19.4. The van der Waals surface area contributed by atoms with Crippen LogP contribution in [0.15, 0.2) is 81.3 Å². The fraction of sp³-hybridized carbons (Fsp3) is 0.0909. The standard InChI is InChI=1S/C22H19N5O5S2/c1-2-32-21(29)17-18(14-6-4-3-5-7-14)24-20(28)19(17)26-25-15-8-10-16(11-9-15)34(30,31)27-22-23-12-13-33-22/h3-13,24,28H,2H2,1H3,(H,23,27). The molecule has 174 valence electrons. The summed E-state index contributed by atoms with van der Waals surface area (Å²) < 4.78 is 32.5. The highest BCUT2D eigenvalue weighted by molar-refractivity contribution is 7.93. The quantitative estimate of drug-likeness (QED) is 0.224. The summed E-state index contributed by atoms with van der Waals surface area (Å²) in [6, 6.07) is 14.6. The number of rotatable bonds is 8. The van der Waals surface area contributed by atoms with Crippen LogP contribution in [0.3, 0.4) is 0 Å². The predicted octanol–water partition coefficient (Wildman–Crippen LogP) is 5.24. The fourth-order valence-corrected chi connectivity index (χ4v) is 4.83. The SMILES string of the molecule is CCOC(=O)c1c(-c2ccccc2)[nH]c(O)c1N=Nc1ccc(S(=O)(=O)Nc2nccs2)cc1. The monoisotopic (exact) mass is 497 g/mol. The fourth-order valence-electron chi connectivity index (χ4n) is 3.04. The van der Waals surface area contributed by atoms with E-state index in [0.29, 0.717) is 16.9 Å². The van der Waals surface area contributed by atoms with Crippen molar-refractivity contribution >= 4 is 43.8 Å². The Hall–Kier alpha value is -4.03. The van der Waals surface area contributed by atoms with Crippen LogP contribution in [-0.4, -0.2) is 36.1 Å². The van der Waals surface area contributed by atoms with Gasteiger partial charge in [0.25, 0.3) is 10.0 Å². The average Bonchev–Trinajstić information content (AvgIpc) is 3.45. The van der Waals surface area contributed by atoms with E-state index in [2.05, 4.69) is 24.9 Å². The number of benzene rings is 2. The number of nitrogens with zero attached hydrogens (tertiary/aromatic N) is 3. The Balaban J connectivity index is 1.63. The number of anilines is 1. The van der Waals surface area contributed by atoms with E-state index in [1.165, 1.54) is 30.5 Å². The van der Waals surface area contributed by atoms with Crippen molar-refractivity contribution in [1.82, 2.24) is 9.97 Å². The number of esters is 1. The van der Waals surface area contributed by atoms with E-state index in [-0.39, 0.29) is 33.8 Å². The molecule has 0 aliphatic carbocycles. The van der Waals surface area contributed by atoms with Crippen LogP contribution in [0.5, 0.6) is 5.88 Å². The first kappa shape index (κ1) is 23.1. The maximum Gasteiger partial charge on any atom is 0.342 e. The summed E-state index contributed by atoms with van der Waals surface area (Å²) in [5, 5.41) is 20.5. The molecule has 0 radical (unpaired) electrons. The van der Waals surface area contributed by atoms with Gasteiger partial charge in [-0.25, -0.2) is 18.2 Å². The Labute approximate surface area is 199 Å². The number of carbonyl (C=O) groups excluding carboxylic acids is 1. The third kappa shape index (κ3) is 4.97. The molecular formula is C22H19N5O5S2. The molecular weight excluding hydrogens is 478 g/mol. The summed E-state index contributed by atoms with van der Waals surface area (Å²) >= 11 is 1.16. The minimum absolute atomic E-state index is 0.0183. The molecule has 0 saturated carbocycles. The number of ether oxygens (including phenoxy) is 1. The van der Waals surface area contributed by atoms with Crippen LogP contribution in [0, 0.1) is 0 Å². The zero-order chi connectivity index (χ0) is 24.1. The molecule has 0 bridgehead atoms. The third-order valence-corrected chi connectivity index (χ3v) is 6.74. The van der Waals surface area contributed by atoms with Crippen molar-refractivity contribution < 1.29 is 23.1 Å². The number of aromatic hydroxyl groups is 1. The van der Waals surface area contributed by atoms with E-state index < -0.39 is 16.0 Å². The Bertz CT molecular complexity index is 1410. The molecule has 12 heteroatoms. The number of thiazole rings is 1. The van der Waals surface area contributed by atoms with Gasteiger partial charge in [0.05, 0.1) is 22.9 Å². The lowest BCUT2D eigenvalue weighted by Gasteiger charge is -2.05. The second kappa shape index (κ2) is 9.85. The first-order valence-corrected chi connectivity index (χ1v) is 12.4. The average molecular weight is 498 g/mol. The van der Waals surface area contributed by atoms with Gasteiger partial charge in [0.15, 0.2) is 10.8 Å². The van der Waals surface area contributed by atoms with Gasteiger partial charge < -0.3 is 14.8 Å². The highest BCUT2D eigenvalue weighted by Crippen LogP contribution is 2.39. The Morgan fingerprint density at radius 3 is 2.53 bits per heavy atom.